The highest BCUT2D eigenvalue weighted by Crippen LogP contribution is 2.31. The van der Waals surface area contributed by atoms with E-state index in [1.54, 1.807) is 12.1 Å². The van der Waals surface area contributed by atoms with Crippen LogP contribution in [0.15, 0.2) is 72.8 Å². The Kier molecular flexibility index (Phi) is 11.0. The van der Waals surface area contributed by atoms with Crippen molar-refractivity contribution in [2.75, 3.05) is 11.1 Å². The molecule has 0 saturated heterocycles. The van der Waals surface area contributed by atoms with E-state index in [4.69, 9.17) is 16.3 Å². The number of nitro groups is 2. The average Bonchev–Trinajstić information content (AvgIpc) is 2.87. The van der Waals surface area contributed by atoms with Crippen LogP contribution in [-0.2, 0) is 0 Å². The largest absolute Gasteiger partial charge is 0.399 e. The van der Waals surface area contributed by atoms with Gasteiger partial charge in [-0.3, -0.25) is 20.2 Å². The number of anilines is 3. The molecule has 41 heavy (non-hydrogen) atoms. The Morgan fingerprint density at radius 2 is 1.17 bits per heavy atom. The third kappa shape index (κ3) is 9.16. The summed E-state index contributed by atoms with van der Waals surface area (Å²) in [5.41, 5.74) is 10.9. The zero-order valence-electron chi connectivity index (χ0n) is 22.8. The fourth-order valence-corrected chi connectivity index (χ4v) is 3.93. The minimum Gasteiger partial charge on any atom is -0.399 e. The monoisotopic (exact) mass is 554 g/mol. The highest BCUT2D eigenvalue weighted by Gasteiger charge is 2.20. The van der Waals surface area contributed by atoms with Gasteiger partial charge in [-0.2, -0.15) is 14.9 Å². The van der Waals surface area contributed by atoms with Crippen LogP contribution < -0.4 is 11.1 Å². The van der Waals surface area contributed by atoms with Crippen LogP contribution in [0, 0.1) is 76.4 Å². The number of para-hydroxylation sites is 2. The number of nitrogens with one attached hydrogen (secondary N) is 1. The molecule has 0 aromatic heterocycles. The molecule has 4 aromatic rings. The average molecular weight is 555 g/mol. The molecule has 0 bridgehead atoms. The number of hydrogen-bond acceptors (Lipinski definition) is 8. The molecule has 10 nitrogen and oxygen atoms in total. The summed E-state index contributed by atoms with van der Waals surface area (Å²) in [5, 5.41) is 41.7. The molecule has 0 aliphatic heterocycles. The van der Waals surface area contributed by atoms with Crippen LogP contribution in [0.4, 0.5) is 32.8 Å². The summed E-state index contributed by atoms with van der Waals surface area (Å²) in [6.07, 6.45) is 0. The third-order valence-corrected chi connectivity index (χ3v) is 5.37. The molecule has 0 heterocycles. The fraction of sp³-hybridized carbons (Fsp3) is 0.133. The van der Waals surface area contributed by atoms with E-state index in [1.807, 2.05) is 64.1 Å². The number of nitriles is 2. The molecule has 11 heteroatoms. The molecule has 0 radical (unpaired) electrons. The summed E-state index contributed by atoms with van der Waals surface area (Å²) in [6, 6.07) is 23.3. The van der Waals surface area contributed by atoms with E-state index in [0.29, 0.717) is 5.69 Å². The van der Waals surface area contributed by atoms with E-state index < -0.39 is 21.4 Å². The predicted octanol–water partition coefficient (Wildman–Crippen LogP) is 7.32. The molecule has 0 unspecified atom stereocenters. The van der Waals surface area contributed by atoms with E-state index in [9.17, 15) is 24.6 Å². The number of hydrogen-bond donors (Lipinski definition) is 2. The highest BCUT2D eigenvalue weighted by atomic mass is 19.1. The van der Waals surface area contributed by atoms with Crippen molar-refractivity contribution in [3.05, 3.63) is 132 Å². The van der Waals surface area contributed by atoms with Gasteiger partial charge in [0.2, 0.25) is 5.82 Å². The second kappa shape index (κ2) is 14.4. The Labute approximate surface area is 236 Å². The lowest BCUT2D eigenvalue weighted by Crippen LogP contribution is -2.00. The number of rotatable bonds is 4. The summed E-state index contributed by atoms with van der Waals surface area (Å²) < 4.78 is 12.7. The first-order chi connectivity index (χ1) is 19.4. The van der Waals surface area contributed by atoms with Crippen LogP contribution in [0.1, 0.15) is 33.4 Å². The van der Waals surface area contributed by atoms with Crippen molar-refractivity contribution < 1.29 is 14.2 Å². The lowest BCUT2D eigenvalue weighted by Gasteiger charge is -2.09. The standard InChI is InChI=1S/C15H13N3O2.C8H11N.C7H3FN2O2/c1-10-6-11(2)8-13(7-10)17-14-5-3-4-12(9-16)15(14)18(19)20;1-6-3-7(2)5-8(9)4-6;8-6-3-1-2-5(4-9)7(6)10(11)12/h3-8,17H,1-2H3;3-5H,9H2,1-2H3;1-3H. The molecule has 208 valence electrons. The number of halogens is 1. The molecule has 0 atom stereocenters. The van der Waals surface area contributed by atoms with Gasteiger partial charge < -0.3 is 11.1 Å². The van der Waals surface area contributed by atoms with Crippen LogP contribution in [0.2, 0.25) is 0 Å². The van der Waals surface area contributed by atoms with Crippen molar-refractivity contribution in [3.63, 3.8) is 0 Å². The first-order valence-electron chi connectivity index (χ1n) is 12.1. The molecule has 0 spiro atoms. The molecule has 3 N–H and O–H groups in total. The molecular weight excluding hydrogens is 527 g/mol. The SMILES string of the molecule is Cc1cc(C)cc(N)c1.Cc1cc(C)cc(Nc2cccc(C#N)c2[N+](=O)[O-])c1.N#Cc1cccc(F)c1[N+](=O)[O-]. The van der Waals surface area contributed by atoms with Crippen molar-refractivity contribution in [1.82, 2.24) is 0 Å². The number of nitrogens with zero attached hydrogens (tertiary/aromatic N) is 4. The third-order valence-electron chi connectivity index (χ3n) is 5.37. The van der Waals surface area contributed by atoms with Crippen molar-refractivity contribution in [3.8, 4) is 12.1 Å². The van der Waals surface area contributed by atoms with Crippen molar-refractivity contribution in [2.45, 2.75) is 27.7 Å². The lowest BCUT2D eigenvalue weighted by atomic mass is 10.1. The predicted molar refractivity (Wildman–Crippen MR) is 155 cm³/mol. The molecule has 0 aliphatic carbocycles. The quantitative estimate of drug-likeness (QED) is 0.150. The Hall–Kier alpha value is -5.81. The molecule has 4 aromatic carbocycles. The maximum Gasteiger partial charge on any atom is 0.322 e. The Bertz CT molecular complexity index is 1600. The highest BCUT2D eigenvalue weighted by molar-refractivity contribution is 5.74. The normalized spacial score (nSPS) is 9.54. The van der Waals surface area contributed by atoms with Gasteiger partial charge in [0.1, 0.15) is 29.0 Å². The fourth-order valence-electron chi connectivity index (χ4n) is 3.93. The van der Waals surface area contributed by atoms with Gasteiger partial charge in [0.05, 0.1) is 9.85 Å². The van der Waals surface area contributed by atoms with Crippen LogP contribution in [0.5, 0.6) is 0 Å². The van der Waals surface area contributed by atoms with E-state index >= 15 is 0 Å². The smallest absolute Gasteiger partial charge is 0.322 e. The molecule has 0 fully saturated rings. The number of benzene rings is 4. The second-order valence-corrected chi connectivity index (χ2v) is 9.00. The summed E-state index contributed by atoms with van der Waals surface area (Å²) in [7, 11) is 0. The first-order valence-corrected chi connectivity index (χ1v) is 12.1. The zero-order valence-corrected chi connectivity index (χ0v) is 22.8. The van der Waals surface area contributed by atoms with Crippen LogP contribution >= 0.6 is 0 Å². The summed E-state index contributed by atoms with van der Waals surface area (Å²) in [6.45, 7) is 8.00. The van der Waals surface area contributed by atoms with Crippen LogP contribution in [0.3, 0.4) is 0 Å². The van der Waals surface area contributed by atoms with Gasteiger partial charge in [-0.1, -0.05) is 24.3 Å². The Morgan fingerprint density at radius 1 is 0.732 bits per heavy atom. The minimum absolute atomic E-state index is 0.0457. The van der Waals surface area contributed by atoms with E-state index in [0.717, 1.165) is 28.6 Å². The zero-order chi connectivity index (χ0) is 30.7. The minimum atomic E-state index is -0.987. The lowest BCUT2D eigenvalue weighted by molar-refractivity contribution is -0.387. The van der Waals surface area contributed by atoms with Crippen molar-refractivity contribution in [1.29, 1.82) is 10.5 Å². The maximum absolute atomic E-state index is 12.7. The first kappa shape index (κ1) is 31.4. The van der Waals surface area contributed by atoms with Gasteiger partial charge in [-0.15, -0.1) is 0 Å². The van der Waals surface area contributed by atoms with Gasteiger partial charge in [0.15, 0.2) is 0 Å². The van der Waals surface area contributed by atoms with Gasteiger partial charge in [0, 0.05) is 11.4 Å². The van der Waals surface area contributed by atoms with E-state index in [2.05, 4.69) is 11.4 Å². The number of nitrogen functional groups attached to an aromatic ring is 1. The Morgan fingerprint density at radius 3 is 1.59 bits per heavy atom. The molecular formula is C30H27FN6O4. The van der Waals surface area contributed by atoms with E-state index in [-0.39, 0.29) is 16.8 Å². The van der Waals surface area contributed by atoms with E-state index in [1.165, 1.54) is 35.4 Å². The van der Waals surface area contributed by atoms with Gasteiger partial charge in [-0.05, 0) is 98.5 Å². The summed E-state index contributed by atoms with van der Waals surface area (Å²) >= 11 is 0. The maximum atomic E-state index is 12.7. The number of nitrogens with two attached hydrogens (primary N) is 1. The molecule has 0 amide bonds. The number of aryl methyl sites for hydroxylation is 4. The summed E-state index contributed by atoms with van der Waals surface area (Å²) in [5.74, 6) is -0.987. The van der Waals surface area contributed by atoms with Crippen molar-refractivity contribution >= 4 is 28.4 Å². The van der Waals surface area contributed by atoms with Crippen molar-refractivity contribution in [2.24, 2.45) is 0 Å². The summed E-state index contributed by atoms with van der Waals surface area (Å²) in [4.78, 5) is 19.9. The van der Waals surface area contributed by atoms with Gasteiger partial charge in [0.25, 0.3) is 0 Å². The Balaban J connectivity index is 0.000000237. The van der Waals surface area contributed by atoms with Crippen LogP contribution in [-0.4, -0.2) is 9.85 Å². The van der Waals surface area contributed by atoms with Crippen LogP contribution in [0.25, 0.3) is 0 Å². The topological polar surface area (TPSA) is 172 Å². The van der Waals surface area contributed by atoms with Gasteiger partial charge in [-0.25, -0.2) is 0 Å². The molecule has 0 saturated carbocycles. The molecule has 4 rings (SSSR count). The van der Waals surface area contributed by atoms with Gasteiger partial charge >= 0.3 is 11.4 Å². The molecule has 0 aliphatic rings. The number of nitro benzene ring substituents is 2. The second-order valence-electron chi connectivity index (χ2n) is 9.00.